The second-order valence-electron chi connectivity index (χ2n) is 6.70. The molecular formula is C20H24N6O3. The lowest BCUT2D eigenvalue weighted by atomic mass is 10.1. The van der Waals surface area contributed by atoms with Crippen LogP contribution in [0.3, 0.4) is 0 Å². The van der Waals surface area contributed by atoms with Gasteiger partial charge in [-0.25, -0.2) is 4.79 Å². The van der Waals surface area contributed by atoms with Gasteiger partial charge >= 0.3 is 6.03 Å². The van der Waals surface area contributed by atoms with Gasteiger partial charge in [-0.15, -0.1) is 0 Å². The number of nitriles is 2. The van der Waals surface area contributed by atoms with Gasteiger partial charge in [-0.05, 0) is 31.0 Å². The first-order valence-corrected chi connectivity index (χ1v) is 9.63. The van der Waals surface area contributed by atoms with Gasteiger partial charge in [0.15, 0.2) is 12.3 Å². The van der Waals surface area contributed by atoms with Gasteiger partial charge in [0.1, 0.15) is 12.1 Å². The van der Waals surface area contributed by atoms with Gasteiger partial charge in [-0.2, -0.15) is 20.8 Å². The lowest BCUT2D eigenvalue weighted by molar-refractivity contribution is -0.142. The zero-order valence-corrected chi connectivity index (χ0v) is 16.6. The molecule has 9 nitrogen and oxygen atoms in total. The van der Waals surface area contributed by atoms with Crippen LogP contribution in [0.15, 0.2) is 28.4 Å². The SMILES string of the molecule is CCCCN1C(=O)C(N=Nc2ccc(C#N)c(C#N)c2)C(O)N(CCCC)C1=O. The maximum Gasteiger partial charge on any atom is 0.328 e. The highest BCUT2D eigenvalue weighted by molar-refractivity contribution is 6.00. The summed E-state index contributed by atoms with van der Waals surface area (Å²) in [6.07, 6.45) is 1.57. The van der Waals surface area contributed by atoms with Crippen LogP contribution in [0.2, 0.25) is 0 Å². The number of rotatable bonds is 8. The van der Waals surface area contributed by atoms with E-state index in [0.29, 0.717) is 19.4 Å². The van der Waals surface area contributed by atoms with Crippen molar-refractivity contribution in [2.45, 2.75) is 51.8 Å². The highest BCUT2D eigenvalue weighted by Crippen LogP contribution is 2.23. The van der Waals surface area contributed by atoms with E-state index in [0.717, 1.165) is 17.7 Å². The summed E-state index contributed by atoms with van der Waals surface area (Å²) in [7, 11) is 0. The van der Waals surface area contributed by atoms with E-state index in [1.807, 2.05) is 26.0 Å². The lowest BCUT2D eigenvalue weighted by Gasteiger charge is -2.40. The quantitative estimate of drug-likeness (QED) is 0.674. The Morgan fingerprint density at radius 3 is 2.34 bits per heavy atom. The minimum atomic E-state index is -1.41. The maximum atomic E-state index is 12.8. The number of hydrogen-bond acceptors (Lipinski definition) is 7. The number of amides is 3. The van der Waals surface area contributed by atoms with Crippen LogP contribution in [-0.4, -0.2) is 52.2 Å². The van der Waals surface area contributed by atoms with Gasteiger partial charge < -0.3 is 5.11 Å². The molecule has 1 aromatic rings. The van der Waals surface area contributed by atoms with Gasteiger partial charge in [0.25, 0.3) is 5.91 Å². The van der Waals surface area contributed by atoms with Crippen molar-refractivity contribution >= 4 is 17.6 Å². The van der Waals surface area contributed by atoms with Crippen LogP contribution in [0.25, 0.3) is 0 Å². The summed E-state index contributed by atoms with van der Waals surface area (Å²) in [6, 6.07) is 6.38. The number of nitrogens with zero attached hydrogens (tertiary/aromatic N) is 6. The summed E-state index contributed by atoms with van der Waals surface area (Å²) in [5.74, 6) is -0.596. The molecule has 1 aromatic carbocycles. The Kier molecular flexibility index (Phi) is 7.81. The maximum absolute atomic E-state index is 12.8. The molecular weight excluding hydrogens is 372 g/mol. The molecule has 1 saturated heterocycles. The Balaban J connectivity index is 2.31. The lowest BCUT2D eigenvalue weighted by Crippen LogP contribution is -2.63. The number of carbonyl (C=O) groups excluding carboxylic acids is 2. The highest BCUT2D eigenvalue weighted by Gasteiger charge is 2.45. The monoisotopic (exact) mass is 396 g/mol. The normalized spacial score (nSPS) is 19.5. The van der Waals surface area contributed by atoms with Crippen molar-refractivity contribution in [2.24, 2.45) is 10.2 Å². The molecule has 1 heterocycles. The van der Waals surface area contributed by atoms with E-state index in [1.54, 1.807) is 0 Å². The van der Waals surface area contributed by atoms with Crippen LogP contribution >= 0.6 is 0 Å². The molecule has 1 aliphatic heterocycles. The summed E-state index contributed by atoms with van der Waals surface area (Å²) in [5, 5.41) is 36.7. The van der Waals surface area contributed by atoms with Crippen LogP contribution < -0.4 is 0 Å². The first-order valence-electron chi connectivity index (χ1n) is 9.63. The number of imide groups is 1. The zero-order chi connectivity index (χ0) is 21.4. The van der Waals surface area contributed by atoms with Crippen molar-refractivity contribution in [1.29, 1.82) is 10.5 Å². The number of benzene rings is 1. The van der Waals surface area contributed by atoms with Crippen molar-refractivity contribution in [3.63, 3.8) is 0 Å². The van der Waals surface area contributed by atoms with E-state index in [2.05, 4.69) is 10.2 Å². The smallest absolute Gasteiger partial charge is 0.328 e. The average Bonchev–Trinajstić information content (AvgIpc) is 2.73. The minimum Gasteiger partial charge on any atom is -0.370 e. The summed E-state index contributed by atoms with van der Waals surface area (Å²) < 4.78 is 0. The number of urea groups is 1. The van der Waals surface area contributed by atoms with E-state index < -0.39 is 24.2 Å². The van der Waals surface area contributed by atoms with E-state index >= 15 is 0 Å². The largest absolute Gasteiger partial charge is 0.370 e. The van der Waals surface area contributed by atoms with Crippen molar-refractivity contribution in [3.8, 4) is 12.1 Å². The molecule has 2 atom stereocenters. The molecule has 2 rings (SSSR count). The molecule has 0 radical (unpaired) electrons. The highest BCUT2D eigenvalue weighted by atomic mass is 16.3. The Morgan fingerprint density at radius 1 is 1.07 bits per heavy atom. The van der Waals surface area contributed by atoms with Crippen LogP contribution in [0.5, 0.6) is 0 Å². The van der Waals surface area contributed by atoms with Crippen LogP contribution in [0.1, 0.15) is 50.7 Å². The van der Waals surface area contributed by atoms with Crippen molar-refractivity contribution in [2.75, 3.05) is 13.1 Å². The fourth-order valence-corrected chi connectivity index (χ4v) is 2.92. The van der Waals surface area contributed by atoms with Gasteiger partial charge in [0.05, 0.1) is 16.8 Å². The average molecular weight is 396 g/mol. The zero-order valence-electron chi connectivity index (χ0n) is 16.6. The molecule has 152 valence electrons. The number of carbonyl (C=O) groups is 2. The van der Waals surface area contributed by atoms with E-state index in [-0.39, 0.29) is 23.4 Å². The Labute approximate surface area is 169 Å². The Morgan fingerprint density at radius 2 is 1.72 bits per heavy atom. The first kappa shape index (κ1) is 22.0. The predicted molar refractivity (Wildman–Crippen MR) is 104 cm³/mol. The summed E-state index contributed by atoms with van der Waals surface area (Å²) in [6.45, 7) is 4.49. The van der Waals surface area contributed by atoms with Gasteiger partial charge in [-0.3, -0.25) is 14.6 Å². The molecule has 2 unspecified atom stereocenters. The standard InChI is InChI=1S/C20H24N6O3/c1-3-5-9-25-18(27)17(19(28)26(20(25)29)10-6-4-2)24-23-16-8-7-14(12-21)15(11-16)13-22/h7-8,11,17-18,27H,3-6,9-10H2,1-2H3. The number of hydrogen-bond donors (Lipinski definition) is 1. The van der Waals surface area contributed by atoms with Crippen LogP contribution in [-0.2, 0) is 4.79 Å². The third-order valence-electron chi connectivity index (χ3n) is 4.63. The molecule has 1 aliphatic rings. The number of aliphatic hydroxyl groups is 1. The summed E-state index contributed by atoms with van der Waals surface area (Å²) in [5.41, 5.74) is 0.628. The van der Waals surface area contributed by atoms with Crippen LogP contribution in [0.4, 0.5) is 10.5 Å². The van der Waals surface area contributed by atoms with Crippen molar-refractivity contribution in [3.05, 3.63) is 29.3 Å². The molecule has 0 spiro atoms. The number of azo groups is 1. The van der Waals surface area contributed by atoms with Gasteiger partial charge in [-0.1, -0.05) is 26.7 Å². The molecule has 0 aliphatic carbocycles. The molecule has 3 amide bonds. The minimum absolute atomic E-state index is 0.142. The topological polar surface area (TPSA) is 133 Å². The predicted octanol–water partition coefficient (Wildman–Crippen LogP) is 3.07. The number of unbranched alkanes of at least 4 members (excludes halogenated alkanes) is 2. The van der Waals surface area contributed by atoms with Gasteiger partial charge in [0, 0.05) is 13.1 Å². The second-order valence-corrected chi connectivity index (χ2v) is 6.70. The molecule has 29 heavy (non-hydrogen) atoms. The summed E-state index contributed by atoms with van der Waals surface area (Å²) >= 11 is 0. The Bertz CT molecular complexity index is 870. The number of aliphatic hydroxyl groups excluding tert-OH is 1. The molecule has 0 aromatic heterocycles. The molecule has 1 fully saturated rings. The fourth-order valence-electron chi connectivity index (χ4n) is 2.92. The second kappa shape index (κ2) is 10.3. The van der Waals surface area contributed by atoms with Crippen LogP contribution in [0, 0.1) is 22.7 Å². The van der Waals surface area contributed by atoms with Crippen molar-refractivity contribution < 1.29 is 14.7 Å². The fraction of sp³-hybridized carbons (Fsp3) is 0.500. The Hall–Kier alpha value is -3.30. The van der Waals surface area contributed by atoms with E-state index in [9.17, 15) is 14.7 Å². The molecule has 1 N–H and O–H groups in total. The third kappa shape index (κ3) is 4.95. The third-order valence-corrected chi connectivity index (χ3v) is 4.63. The summed E-state index contributed by atoms with van der Waals surface area (Å²) in [4.78, 5) is 27.8. The molecule has 9 heteroatoms. The molecule has 0 saturated carbocycles. The molecule has 0 bridgehead atoms. The van der Waals surface area contributed by atoms with Crippen molar-refractivity contribution in [1.82, 2.24) is 9.80 Å². The first-order chi connectivity index (χ1) is 14.0. The van der Waals surface area contributed by atoms with Gasteiger partial charge in [0.2, 0.25) is 0 Å². The van der Waals surface area contributed by atoms with E-state index in [4.69, 9.17) is 10.5 Å². The van der Waals surface area contributed by atoms with E-state index in [1.165, 1.54) is 23.1 Å².